The second kappa shape index (κ2) is 10.7. The Morgan fingerprint density at radius 1 is 1.16 bits per heavy atom. The first-order chi connectivity index (χ1) is 20.2. The molecule has 1 aromatic rings. The van der Waals surface area contributed by atoms with Gasteiger partial charge in [-0.25, -0.2) is 13.1 Å². The van der Waals surface area contributed by atoms with Crippen LogP contribution >= 0.6 is 0 Å². The molecule has 4 rings (SSSR count). The number of nitrogens with two attached hydrogens (primary N) is 3. The van der Waals surface area contributed by atoms with Gasteiger partial charge in [-0.05, 0) is 57.0 Å². The van der Waals surface area contributed by atoms with Gasteiger partial charge in [0.25, 0.3) is 0 Å². The molecule has 8 N–H and O–H groups in total. The van der Waals surface area contributed by atoms with E-state index in [1.165, 1.54) is 19.0 Å². The van der Waals surface area contributed by atoms with Gasteiger partial charge in [-0.2, -0.15) is 5.26 Å². The number of aryl methyl sites for hydroxylation is 1. The number of fused-ring (bicyclic) bond motifs is 3. The Morgan fingerprint density at radius 2 is 1.77 bits per heavy atom. The van der Waals surface area contributed by atoms with E-state index in [4.69, 9.17) is 17.2 Å². The molecule has 1 amide bonds. The van der Waals surface area contributed by atoms with E-state index in [2.05, 4.69) is 4.72 Å². The average molecular weight is 632 g/mol. The first-order valence-corrected chi connectivity index (χ1v) is 15.7. The summed E-state index contributed by atoms with van der Waals surface area (Å²) in [5.41, 5.74) is 13.1. The van der Waals surface area contributed by atoms with Gasteiger partial charge in [0, 0.05) is 31.9 Å². The molecule has 0 bridgehead atoms. The number of nitriles is 1. The van der Waals surface area contributed by atoms with Gasteiger partial charge < -0.3 is 27.2 Å². The summed E-state index contributed by atoms with van der Waals surface area (Å²) in [5.74, 6) is -10.3. The van der Waals surface area contributed by atoms with E-state index in [0.29, 0.717) is 16.8 Å². The van der Waals surface area contributed by atoms with Crippen LogP contribution in [0.4, 0.5) is 5.69 Å². The molecule has 238 valence electrons. The molecular formula is C28H37N7O8S. The number of carbonyl (C=O) groups is 5. The number of benzene rings is 1. The number of primary amides is 1. The summed E-state index contributed by atoms with van der Waals surface area (Å²) < 4.78 is 25.3. The van der Waals surface area contributed by atoms with Crippen LogP contribution in [0.3, 0.4) is 0 Å². The number of ketones is 4. The van der Waals surface area contributed by atoms with Crippen LogP contribution in [0.25, 0.3) is 0 Å². The minimum absolute atomic E-state index is 0.0613. The number of Topliss-reactive ketones (excluding diaryl/α,β-unsaturated/α-hetero) is 4. The zero-order valence-corrected chi connectivity index (χ0v) is 25.9. The van der Waals surface area contributed by atoms with Crippen molar-refractivity contribution >= 4 is 44.8 Å². The fraction of sp³-hybridized carbons (Fsp3) is 0.571. The Morgan fingerprint density at radius 3 is 2.27 bits per heavy atom. The fourth-order valence-electron chi connectivity index (χ4n) is 7.44. The van der Waals surface area contributed by atoms with Crippen LogP contribution in [0.15, 0.2) is 6.07 Å². The van der Waals surface area contributed by atoms with Crippen molar-refractivity contribution in [2.24, 2.45) is 34.5 Å². The minimum atomic E-state index is -3.45. The van der Waals surface area contributed by atoms with Gasteiger partial charge in [0.1, 0.15) is 11.7 Å². The summed E-state index contributed by atoms with van der Waals surface area (Å²) in [7, 11) is 2.81. The predicted octanol–water partition coefficient (Wildman–Crippen LogP) is -2.64. The van der Waals surface area contributed by atoms with Gasteiger partial charge >= 0.3 is 0 Å². The minimum Gasteiger partial charge on any atom is -0.507 e. The lowest BCUT2D eigenvalue weighted by Gasteiger charge is -2.60. The predicted molar refractivity (Wildman–Crippen MR) is 157 cm³/mol. The van der Waals surface area contributed by atoms with Crippen molar-refractivity contribution < 1.29 is 37.5 Å². The third-order valence-corrected chi connectivity index (χ3v) is 9.84. The number of amides is 1. The SMILES string of the molecule is CN(C)c1cc(CCCNS(C)(=O)=O)c(O)c2c1C[C@@]1(N)C[C@@]3(N)[C@H](N(C)C)C(=O)C(C(N)=O)C(=O)[C@@]3(C#N)C(=O)C1C2=O. The number of phenols is 1. The molecular weight excluding hydrogens is 594 g/mol. The maximum atomic E-state index is 14.5. The average Bonchev–Trinajstić information content (AvgIpc) is 2.85. The third kappa shape index (κ3) is 4.61. The molecule has 1 aromatic carbocycles. The molecule has 6 atom stereocenters. The number of sulfonamides is 1. The lowest BCUT2D eigenvalue weighted by Crippen LogP contribution is -2.85. The second-order valence-electron chi connectivity index (χ2n) is 12.5. The van der Waals surface area contributed by atoms with Crippen molar-refractivity contribution in [1.29, 1.82) is 5.26 Å². The number of aromatic hydroxyl groups is 1. The maximum Gasteiger partial charge on any atom is 0.235 e. The zero-order valence-electron chi connectivity index (χ0n) is 25.1. The van der Waals surface area contributed by atoms with E-state index < -0.39 is 85.6 Å². The molecule has 2 fully saturated rings. The largest absolute Gasteiger partial charge is 0.507 e. The van der Waals surface area contributed by atoms with Gasteiger partial charge in [0.05, 0.1) is 29.5 Å². The van der Waals surface area contributed by atoms with Gasteiger partial charge in [-0.1, -0.05) is 0 Å². The Balaban J connectivity index is 1.93. The number of nitrogens with zero attached hydrogens (tertiary/aromatic N) is 3. The molecule has 16 heteroatoms. The highest BCUT2D eigenvalue weighted by molar-refractivity contribution is 7.88. The molecule has 0 aliphatic heterocycles. The van der Waals surface area contributed by atoms with Crippen LogP contribution in [0.1, 0.15) is 34.3 Å². The van der Waals surface area contributed by atoms with Crippen molar-refractivity contribution in [3.8, 4) is 11.8 Å². The highest BCUT2D eigenvalue weighted by Crippen LogP contribution is 2.57. The first-order valence-electron chi connectivity index (χ1n) is 13.8. The van der Waals surface area contributed by atoms with Crippen molar-refractivity contribution in [2.75, 3.05) is 45.9 Å². The van der Waals surface area contributed by atoms with E-state index in [-0.39, 0.29) is 31.4 Å². The fourth-order valence-corrected chi connectivity index (χ4v) is 7.95. The summed E-state index contributed by atoms with van der Waals surface area (Å²) in [4.78, 5) is 71.5. The van der Waals surface area contributed by atoms with Crippen LogP contribution < -0.4 is 26.8 Å². The third-order valence-electron chi connectivity index (χ3n) is 9.12. The van der Waals surface area contributed by atoms with Crippen molar-refractivity contribution in [3.05, 3.63) is 22.8 Å². The molecule has 3 aliphatic carbocycles. The van der Waals surface area contributed by atoms with Gasteiger partial charge in [-0.3, -0.25) is 28.9 Å². The van der Waals surface area contributed by atoms with Crippen molar-refractivity contribution in [1.82, 2.24) is 9.62 Å². The highest BCUT2D eigenvalue weighted by atomic mass is 32.2. The molecule has 0 heterocycles. The number of rotatable bonds is 8. The normalized spacial score (nSPS) is 31.7. The Kier molecular flexibility index (Phi) is 8.06. The van der Waals surface area contributed by atoms with Crippen molar-refractivity contribution in [3.63, 3.8) is 0 Å². The van der Waals surface area contributed by atoms with E-state index in [0.717, 1.165) is 6.26 Å². The summed E-state index contributed by atoms with van der Waals surface area (Å²) in [6, 6.07) is 1.83. The van der Waals surface area contributed by atoms with E-state index in [1.54, 1.807) is 31.1 Å². The lowest BCUT2D eigenvalue weighted by atomic mass is 9.42. The van der Waals surface area contributed by atoms with Crippen molar-refractivity contribution in [2.45, 2.75) is 42.8 Å². The molecule has 2 unspecified atom stereocenters. The molecule has 0 radical (unpaired) electrons. The molecule has 3 aliphatic rings. The topological polar surface area (TPSA) is 260 Å². The number of nitrogens with one attached hydrogen (secondary N) is 1. The smallest absolute Gasteiger partial charge is 0.235 e. The van der Waals surface area contributed by atoms with E-state index in [9.17, 15) is 42.8 Å². The van der Waals surface area contributed by atoms with Crippen LogP contribution in [0, 0.1) is 28.6 Å². The Bertz CT molecular complexity index is 1650. The number of hydrogen-bond donors (Lipinski definition) is 5. The van der Waals surface area contributed by atoms with Crippen LogP contribution in [-0.4, -0.2) is 106 Å². The summed E-state index contributed by atoms with van der Waals surface area (Å²) in [6.45, 7) is 0.0613. The first kappa shape index (κ1) is 33.1. The summed E-state index contributed by atoms with van der Waals surface area (Å²) >= 11 is 0. The number of anilines is 1. The van der Waals surface area contributed by atoms with Gasteiger partial charge in [-0.15, -0.1) is 0 Å². The quantitative estimate of drug-likeness (QED) is 0.145. The van der Waals surface area contributed by atoms with Gasteiger partial charge in [0.2, 0.25) is 15.9 Å². The molecule has 44 heavy (non-hydrogen) atoms. The molecule has 0 saturated heterocycles. The monoisotopic (exact) mass is 631 g/mol. The van der Waals surface area contributed by atoms with E-state index >= 15 is 0 Å². The summed E-state index contributed by atoms with van der Waals surface area (Å²) in [5, 5.41) is 21.9. The lowest BCUT2D eigenvalue weighted by molar-refractivity contribution is -0.166. The van der Waals surface area contributed by atoms with E-state index in [1.807, 2.05) is 0 Å². The summed E-state index contributed by atoms with van der Waals surface area (Å²) in [6.07, 6.45) is 0.731. The maximum absolute atomic E-state index is 14.5. The molecule has 15 nitrogen and oxygen atoms in total. The Hall–Kier alpha value is -3.75. The highest BCUT2D eigenvalue weighted by Gasteiger charge is 2.78. The zero-order chi connectivity index (χ0) is 33.3. The molecule has 0 spiro atoms. The van der Waals surface area contributed by atoms with Crippen LogP contribution in [-0.2, 0) is 42.0 Å². The Labute approximate surface area is 254 Å². The number of hydrogen-bond acceptors (Lipinski definition) is 13. The second-order valence-corrected chi connectivity index (χ2v) is 14.4. The number of likely N-dealkylation sites (N-methyl/N-ethyl adjacent to an activating group) is 1. The number of carbonyl (C=O) groups excluding carboxylic acids is 5. The van der Waals surface area contributed by atoms with Gasteiger partial charge in [0.15, 0.2) is 34.5 Å². The number of phenolic OH excluding ortho intramolecular Hbond substituents is 1. The molecule has 2 saturated carbocycles. The van der Waals surface area contributed by atoms with Crippen LogP contribution in [0.5, 0.6) is 5.75 Å². The molecule has 0 aromatic heterocycles. The standard InChI is InChI=1S/C28H37N7O8S/c1-34(2)15-9-13(7-6-8-33-44(5,42)43)19(36)16-14(15)10-26(31)11-28(32)22(35(3)4)21(38)17(25(30)41)23(39)27(28,12-29)24(40)18(26)20(16)37/h9,17-18,22,33,36H,6-8,10-11,31-32H2,1-5H3,(H2,30,41)/t17?,18?,22-,26-,27+,28-/m1/s1. The van der Waals surface area contributed by atoms with Crippen LogP contribution in [0.2, 0.25) is 0 Å².